The number of nitrogens with two attached hydrogens (primary N) is 1. The zero-order chi connectivity index (χ0) is 10.7. The largest absolute Gasteiger partial charge is 0.382 e. The van der Waals surface area contributed by atoms with Crippen molar-refractivity contribution in [2.24, 2.45) is 0 Å². The van der Waals surface area contributed by atoms with Crippen LogP contribution in [0.25, 0.3) is 0 Å². The normalized spacial score (nSPS) is 22.1. The lowest BCUT2D eigenvalue weighted by molar-refractivity contribution is 0.264. The van der Waals surface area contributed by atoms with E-state index in [9.17, 15) is 0 Å². The number of anilines is 1. The first-order valence-electron chi connectivity index (χ1n) is 5.61. The van der Waals surface area contributed by atoms with Gasteiger partial charge in [-0.05, 0) is 38.1 Å². The summed E-state index contributed by atoms with van der Waals surface area (Å²) in [6.07, 6.45) is 3.59. The van der Waals surface area contributed by atoms with Crippen molar-refractivity contribution >= 4 is 5.82 Å². The molecule has 0 radical (unpaired) electrons. The number of likely N-dealkylation sites (tertiary alicyclic amines) is 1. The summed E-state index contributed by atoms with van der Waals surface area (Å²) in [5.74, 6) is 0.498. The Morgan fingerprint density at radius 3 is 3.00 bits per heavy atom. The molecule has 1 saturated heterocycles. The number of nitrogen functional groups attached to an aromatic ring is 1. The molecule has 4 heteroatoms. The highest BCUT2D eigenvalue weighted by atomic mass is 15.2. The molecule has 1 aliphatic heterocycles. The van der Waals surface area contributed by atoms with E-state index in [1.165, 1.54) is 19.4 Å². The van der Waals surface area contributed by atoms with Gasteiger partial charge in [-0.2, -0.15) is 5.10 Å². The molecule has 0 bridgehead atoms. The first-order valence-corrected chi connectivity index (χ1v) is 5.61. The smallest absolute Gasteiger partial charge is 0.146 e. The van der Waals surface area contributed by atoms with E-state index >= 15 is 0 Å². The van der Waals surface area contributed by atoms with Crippen LogP contribution in [0.15, 0.2) is 12.1 Å². The summed E-state index contributed by atoms with van der Waals surface area (Å²) in [5.41, 5.74) is 6.55. The van der Waals surface area contributed by atoms with Crippen LogP contribution in [0.5, 0.6) is 0 Å². The molecule has 2 N–H and O–H groups in total. The molecule has 0 saturated carbocycles. The van der Waals surface area contributed by atoms with Crippen LogP contribution < -0.4 is 5.73 Å². The van der Waals surface area contributed by atoms with Gasteiger partial charge in [-0.15, -0.1) is 5.10 Å². The van der Waals surface area contributed by atoms with Crippen LogP contribution in [-0.2, 0) is 6.42 Å². The predicted molar refractivity (Wildman–Crippen MR) is 60.4 cm³/mol. The van der Waals surface area contributed by atoms with E-state index in [4.69, 9.17) is 5.73 Å². The molecule has 0 amide bonds. The minimum Gasteiger partial charge on any atom is -0.382 e. The van der Waals surface area contributed by atoms with Gasteiger partial charge in [0.1, 0.15) is 5.82 Å². The van der Waals surface area contributed by atoms with Gasteiger partial charge >= 0.3 is 0 Å². The SMILES string of the molecule is CCN1CCCC1Cc1ccc(N)nn1. The van der Waals surface area contributed by atoms with Gasteiger partial charge in [-0.1, -0.05) is 6.92 Å². The highest BCUT2D eigenvalue weighted by molar-refractivity contribution is 5.25. The molecular formula is C11H18N4. The Morgan fingerprint density at radius 2 is 2.33 bits per heavy atom. The molecule has 2 heterocycles. The van der Waals surface area contributed by atoms with Gasteiger partial charge in [0.15, 0.2) is 0 Å². The lowest BCUT2D eigenvalue weighted by Gasteiger charge is -2.21. The third kappa shape index (κ3) is 2.45. The Hall–Kier alpha value is -1.16. The van der Waals surface area contributed by atoms with Crippen molar-refractivity contribution in [2.75, 3.05) is 18.8 Å². The zero-order valence-corrected chi connectivity index (χ0v) is 9.19. The Bertz CT molecular complexity index is 309. The molecule has 1 aromatic heterocycles. The summed E-state index contributed by atoms with van der Waals surface area (Å²) in [5, 5.41) is 7.99. The maximum atomic E-state index is 5.50. The second-order valence-electron chi connectivity index (χ2n) is 4.08. The minimum absolute atomic E-state index is 0.498. The first kappa shape index (κ1) is 10.4. The summed E-state index contributed by atoms with van der Waals surface area (Å²) in [7, 11) is 0. The van der Waals surface area contributed by atoms with E-state index in [2.05, 4.69) is 22.0 Å². The molecule has 1 atom stereocenters. The van der Waals surface area contributed by atoms with Gasteiger partial charge < -0.3 is 10.6 Å². The average molecular weight is 206 g/mol. The second-order valence-corrected chi connectivity index (χ2v) is 4.08. The molecule has 0 aliphatic carbocycles. The lowest BCUT2D eigenvalue weighted by Crippen LogP contribution is -2.31. The average Bonchev–Trinajstić information content (AvgIpc) is 2.69. The van der Waals surface area contributed by atoms with Crippen molar-refractivity contribution in [3.05, 3.63) is 17.8 Å². The first-order chi connectivity index (χ1) is 7.29. The zero-order valence-electron chi connectivity index (χ0n) is 9.19. The molecular weight excluding hydrogens is 188 g/mol. The number of likely N-dealkylation sites (N-methyl/N-ethyl adjacent to an activating group) is 1. The van der Waals surface area contributed by atoms with E-state index in [1.807, 2.05) is 12.1 Å². The van der Waals surface area contributed by atoms with Crippen molar-refractivity contribution in [1.29, 1.82) is 0 Å². The summed E-state index contributed by atoms with van der Waals surface area (Å²) in [4.78, 5) is 2.51. The van der Waals surface area contributed by atoms with Crippen LogP contribution >= 0.6 is 0 Å². The molecule has 82 valence electrons. The molecule has 1 aliphatic rings. The fourth-order valence-corrected chi connectivity index (χ4v) is 2.26. The van der Waals surface area contributed by atoms with Crippen LogP contribution in [0.4, 0.5) is 5.82 Å². The topological polar surface area (TPSA) is 55.0 Å². The van der Waals surface area contributed by atoms with Crippen molar-refractivity contribution in [2.45, 2.75) is 32.2 Å². The monoisotopic (exact) mass is 206 g/mol. The Labute approximate surface area is 90.5 Å². The molecule has 4 nitrogen and oxygen atoms in total. The summed E-state index contributed by atoms with van der Waals surface area (Å²) < 4.78 is 0. The second kappa shape index (κ2) is 4.57. The number of aromatic nitrogens is 2. The fourth-order valence-electron chi connectivity index (χ4n) is 2.26. The van der Waals surface area contributed by atoms with Crippen molar-refractivity contribution in [3.8, 4) is 0 Å². The number of nitrogens with zero attached hydrogens (tertiary/aromatic N) is 3. The Morgan fingerprint density at radius 1 is 1.47 bits per heavy atom. The van der Waals surface area contributed by atoms with E-state index in [0.29, 0.717) is 11.9 Å². The standard InChI is InChI=1S/C11H18N4/c1-2-15-7-3-4-10(15)8-9-5-6-11(12)14-13-9/h5-6,10H,2-4,7-8H2,1H3,(H2,12,14). The van der Waals surface area contributed by atoms with Crippen molar-refractivity contribution < 1.29 is 0 Å². The maximum absolute atomic E-state index is 5.50. The lowest BCUT2D eigenvalue weighted by atomic mass is 10.1. The molecule has 0 aromatic carbocycles. The van der Waals surface area contributed by atoms with Crippen LogP contribution in [0.1, 0.15) is 25.5 Å². The van der Waals surface area contributed by atoms with Crippen LogP contribution in [-0.4, -0.2) is 34.2 Å². The van der Waals surface area contributed by atoms with Crippen LogP contribution in [0.2, 0.25) is 0 Å². The molecule has 2 rings (SSSR count). The van der Waals surface area contributed by atoms with E-state index in [-0.39, 0.29) is 0 Å². The van der Waals surface area contributed by atoms with Gasteiger partial charge in [0, 0.05) is 12.5 Å². The highest BCUT2D eigenvalue weighted by Crippen LogP contribution is 2.19. The minimum atomic E-state index is 0.498. The van der Waals surface area contributed by atoms with Crippen molar-refractivity contribution in [1.82, 2.24) is 15.1 Å². The third-order valence-electron chi connectivity index (χ3n) is 3.09. The predicted octanol–water partition coefficient (Wildman–Crippen LogP) is 1.09. The molecule has 1 aromatic rings. The summed E-state index contributed by atoms with van der Waals surface area (Å²) in [6.45, 7) is 4.57. The van der Waals surface area contributed by atoms with Gasteiger partial charge in [-0.3, -0.25) is 0 Å². The summed E-state index contributed by atoms with van der Waals surface area (Å²) in [6, 6.07) is 4.45. The maximum Gasteiger partial charge on any atom is 0.146 e. The van der Waals surface area contributed by atoms with E-state index in [1.54, 1.807) is 0 Å². The van der Waals surface area contributed by atoms with Crippen LogP contribution in [0, 0.1) is 0 Å². The van der Waals surface area contributed by atoms with Gasteiger partial charge in [0.05, 0.1) is 5.69 Å². The number of hydrogen-bond acceptors (Lipinski definition) is 4. The Kier molecular flexibility index (Phi) is 3.16. The third-order valence-corrected chi connectivity index (χ3v) is 3.09. The van der Waals surface area contributed by atoms with Crippen molar-refractivity contribution in [3.63, 3.8) is 0 Å². The highest BCUT2D eigenvalue weighted by Gasteiger charge is 2.23. The number of rotatable bonds is 3. The van der Waals surface area contributed by atoms with E-state index in [0.717, 1.165) is 18.7 Å². The quantitative estimate of drug-likeness (QED) is 0.804. The molecule has 0 spiro atoms. The Balaban J connectivity index is 1.99. The summed E-state index contributed by atoms with van der Waals surface area (Å²) >= 11 is 0. The molecule has 15 heavy (non-hydrogen) atoms. The van der Waals surface area contributed by atoms with Gasteiger partial charge in [0.2, 0.25) is 0 Å². The fraction of sp³-hybridized carbons (Fsp3) is 0.636. The van der Waals surface area contributed by atoms with E-state index < -0.39 is 0 Å². The molecule has 1 fully saturated rings. The molecule has 1 unspecified atom stereocenters. The number of hydrogen-bond donors (Lipinski definition) is 1. The van der Waals surface area contributed by atoms with Gasteiger partial charge in [-0.25, -0.2) is 0 Å². The van der Waals surface area contributed by atoms with Gasteiger partial charge in [0.25, 0.3) is 0 Å². The van der Waals surface area contributed by atoms with Crippen LogP contribution in [0.3, 0.4) is 0 Å².